The molecule has 1 unspecified atom stereocenters. The van der Waals surface area contributed by atoms with Gasteiger partial charge < -0.3 is 10.1 Å². The molecule has 0 radical (unpaired) electrons. The molecule has 1 aromatic carbocycles. The fraction of sp³-hybridized carbons (Fsp3) is 0.143. The summed E-state index contributed by atoms with van der Waals surface area (Å²) in [5.41, 5.74) is 0. The van der Waals surface area contributed by atoms with Crippen molar-refractivity contribution in [1.82, 2.24) is 4.98 Å². The van der Waals surface area contributed by atoms with E-state index in [2.05, 4.69) is 42.2 Å². The van der Waals surface area contributed by atoms with Gasteiger partial charge >= 0.3 is 0 Å². The van der Waals surface area contributed by atoms with Crippen molar-refractivity contribution in [1.29, 1.82) is 0 Å². The molecule has 1 N–H and O–H groups in total. The number of ether oxygens (including phenoxy) is 1. The number of aromatic nitrogens is 1. The Morgan fingerprint density at radius 1 is 1.32 bits per heavy atom. The summed E-state index contributed by atoms with van der Waals surface area (Å²) in [6.07, 6.45) is 0.672. The monoisotopic (exact) mass is 466 g/mol. The number of pyridine rings is 1. The minimum Gasteiger partial charge on any atom is -0.480 e. The molecular formula is C14H10Br2Cl2N2O2. The van der Waals surface area contributed by atoms with Gasteiger partial charge in [-0.15, -0.1) is 0 Å². The summed E-state index contributed by atoms with van der Waals surface area (Å²) in [5.74, 6) is 0.425. The second-order valence-electron chi connectivity index (χ2n) is 4.31. The third kappa shape index (κ3) is 4.59. The topological polar surface area (TPSA) is 51.2 Å². The Bertz CT molecular complexity index is 713. The number of hydrogen-bond acceptors (Lipinski definition) is 3. The minimum absolute atomic E-state index is 0.237. The van der Waals surface area contributed by atoms with Gasteiger partial charge in [-0.05, 0) is 47.1 Å². The molecule has 22 heavy (non-hydrogen) atoms. The minimum atomic E-state index is -0.731. The standard InChI is InChI=1S/C14H10Br2Cl2N2O2/c1-7(22-12-3-2-8(15)4-10(12)16)14(21)20-13-11(18)5-9(17)6-19-13/h2-7H,1H3,(H,19,20,21). The Labute approximate surface area is 154 Å². The van der Waals surface area contributed by atoms with Crippen LogP contribution in [0.1, 0.15) is 6.92 Å². The smallest absolute Gasteiger partial charge is 0.266 e. The maximum Gasteiger partial charge on any atom is 0.266 e. The second kappa shape index (κ2) is 7.64. The van der Waals surface area contributed by atoms with Gasteiger partial charge in [0.25, 0.3) is 5.91 Å². The summed E-state index contributed by atoms with van der Waals surface area (Å²) >= 11 is 18.5. The lowest BCUT2D eigenvalue weighted by Crippen LogP contribution is -2.30. The van der Waals surface area contributed by atoms with Crippen LogP contribution < -0.4 is 10.1 Å². The Balaban J connectivity index is 2.05. The van der Waals surface area contributed by atoms with E-state index in [4.69, 9.17) is 27.9 Å². The summed E-state index contributed by atoms with van der Waals surface area (Å²) < 4.78 is 7.26. The Kier molecular flexibility index (Phi) is 6.09. The van der Waals surface area contributed by atoms with Crippen molar-refractivity contribution in [2.24, 2.45) is 0 Å². The van der Waals surface area contributed by atoms with Crippen LogP contribution in [0.15, 0.2) is 39.4 Å². The van der Waals surface area contributed by atoms with E-state index in [0.29, 0.717) is 10.8 Å². The van der Waals surface area contributed by atoms with Crippen LogP contribution in [0, 0.1) is 0 Å². The number of nitrogens with zero attached hydrogens (tertiary/aromatic N) is 1. The molecule has 2 aromatic rings. The number of amides is 1. The number of anilines is 1. The molecule has 0 saturated heterocycles. The van der Waals surface area contributed by atoms with Crippen LogP contribution in [-0.2, 0) is 4.79 Å². The number of rotatable bonds is 4. The van der Waals surface area contributed by atoms with Crippen molar-refractivity contribution in [2.75, 3.05) is 5.32 Å². The van der Waals surface area contributed by atoms with E-state index in [9.17, 15) is 4.79 Å². The first-order chi connectivity index (χ1) is 10.4. The number of hydrogen-bond donors (Lipinski definition) is 1. The van der Waals surface area contributed by atoms with Crippen molar-refractivity contribution in [2.45, 2.75) is 13.0 Å². The van der Waals surface area contributed by atoms with Crippen LogP contribution in [0.4, 0.5) is 5.82 Å². The van der Waals surface area contributed by atoms with Crippen molar-refractivity contribution in [3.63, 3.8) is 0 Å². The third-order valence-electron chi connectivity index (χ3n) is 2.62. The zero-order chi connectivity index (χ0) is 16.3. The predicted molar refractivity (Wildman–Crippen MR) is 94.8 cm³/mol. The number of carbonyl (C=O) groups is 1. The summed E-state index contributed by atoms with van der Waals surface area (Å²) in [4.78, 5) is 16.1. The van der Waals surface area contributed by atoms with Gasteiger partial charge in [0, 0.05) is 10.7 Å². The van der Waals surface area contributed by atoms with Gasteiger partial charge in [0.05, 0.1) is 14.5 Å². The molecule has 1 heterocycles. The summed E-state index contributed by atoms with van der Waals surface area (Å²) in [6.45, 7) is 1.63. The first-order valence-corrected chi connectivity index (χ1v) is 8.44. The van der Waals surface area contributed by atoms with Crippen LogP contribution in [0.3, 0.4) is 0 Å². The highest BCUT2D eigenvalue weighted by atomic mass is 79.9. The van der Waals surface area contributed by atoms with Crippen LogP contribution in [0.2, 0.25) is 10.0 Å². The molecule has 1 aromatic heterocycles. The van der Waals surface area contributed by atoms with E-state index in [0.717, 1.165) is 8.95 Å². The van der Waals surface area contributed by atoms with Crippen LogP contribution >= 0.6 is 55.1 Å². The largest absolute Gasteiger partial charge is 0.480 e. The zero-order valence-electron chi connectivity index (χ0n) is 11.2. The molecule has 116 valence electrons. The average molecular weight is 469 g/mol. The highest BCUT2D eigenvalue weighted by Crippen LogP contribution is 2.29. The number of carbonyl (C=O) groups excluding carboxylic acids is 1. The SMILES string of the molecule is CC(Oc1ccc(Br)cc1Br)C(=O)Nc1ncc(Cl)cc1Cl. The normalized spacial score (nSPS) is 11.9. The van der Waals surface area contributed by atoms with Gasteiger partial charge in [-0.25, -0.2) is 4.98 Å². The molecule has 0 fully saturated rings. The van der Waals surface area contributed by atoms with E-state index in [1.54, 1.807) is 13.0 Å². The quantitative estimate of drug-likeness (QED) is 0.660. The molecule has 1 amide bonds. The molecule has 1 atom stereocenters. The molecule has 4 nitrogen and oxygen atoms in total. The van der Waals surface area contributed by atoms with Gasteiger partial charge in [-0.1, -0.05) is 39.1 Å². The average Bonchev–Trinajstić information content (AvgIpc) is 2.44. The molecule has 8 heteroatoms. The summed E-state index contributed by atoms with van der Waals surface area (Å²) in [6, 6.07) is 6.91. The maximum atomic E-state index is 12.1. The molecule has 0 aliphatic heterocycles. The predicted octanol–water partition coefficient (Wildman–Crippen LogP) is 5.32. The first kappa shape index (κ1) is 17.5. The van der Waals surface area contributed by atoms with E-state index in [-0.39, 0.29) is 16.7 Å². The lowest BCUT2D eigenvalue weighted by Gasteiger charge is -2.16. The molecule has 2 rings (SSSR count). The molecular weight excluding hydrogens is 459 g/mol. The Hall–Kier alpha value is -0.820. The Morgan fingerprint density at radius 3 is 2.68 bits per heavy atom. The van der Waals surface area contributed by atoms with Crippen molar-refractivity contribution in [3.8, 4) is 5.75 Å². The molecule has 0 bridgehead atoms. The van der Waals surface area contributed by atoms with Gasteiger partial charge in [0.2, 0.25) is 0 Å². The molecule has 0 aliphatic carbocycles. The van der Waals surface area contributed by atoms with Gasteiger partial charge in [-0.3, -0.25) is 4.79 Å². The van der Waals surface area contributed by atoms with Crippen LogP contribution in [0.25, 0.3) is 0 Å². The highest BCUT2D eigenvalue weighted by molar-refractivity contribution is 9.11. The van der Waals surface area contributed by atoms with Gasteiger partial charge in [0.15, 0.2) is 11.9 Å². The summed E-state index contributed by atoms with van der Waals surface area (Å²) in [7, 11) is 0. The lowest BCUT2D eigenvalue weighted by molar-refractivity contribution is -0.122. The van der Waals surface area contributed by atoms with E-state index in [1.165, 1.54) is 12.3 Å². The van der Waals surface area contributed by atoms with Crippen molar-refractivity contribution >= 4 is 66.8 Å². The van der Waals surface area contributed by atoms with Crippen LogP contribution in [-0.4, -0.2) is 17.0 Å². The maximum absolute atomic E-state index is 12.1. The van der Waals surface area contributed by atoms with Crippen molar-refractivity contribution in [3.05, 3.63) is 49.5 Å². The zero-order valence-corrected chi connectivity index (χ0v) is 15.9. The van der Waals surface area contributed by atoms with Gasteiger partial charge in [0.1, 0.15) is 5.75 Å². The number of benzene rings is 1. The van der Waals surface area contributed by atoms with E-state index in [1.807, 2.05) is 12.1 Å². The van der Waals surface area contributed by atoms with Crippen LogP contribution in [0.5, 0.6) is 5.75 Å². The van der Waals surface area contributed by atoms with E-state index < -0.39 is 6.10 Å². The summed E-state index contributed by atoms with van der Waals surface area (Å²) in [5, 5.41) is 3.25. The second-order valence-corrected chi connectivity index (χ2v) is 6.92. The fourth-order valence-corrected chi connectivity index (χ4v) is 3.11. The molecule has 0 saturated carbocycles. The number of halogens is 4. The molecule has 0 aliphatic rings. The first-order valence-electron chi connectivity index (χ1n) is 6.10. The van der Waals surface area contributed by atoms with Gasteiger partial charge in [-0.2, -0.15) is 0 Å². The van der Waals surface area contributed by atoms with Crippen molar-refractivity contribution < 1.29 is 9.53 Å². The van der Waals surface area contributed by atoms with E-state index >= 15 is 0 Å². The fourth-order valence-electron chi connectivity index (χ4n) is 1.54. The number of nitrogens with one attached hydrogen (secondary N) is 1. The molecule has 0 spiro atoms. The lowest BCUT2D eigenvalue weighted by atomic mass is 10.3. The third-order valence-corrected chi connectivity index (χ3v) is 4.22. The Morgan fingerprint density at radius 2 is 2.05 bits per heavy atom. The highest BCUT2D eigenvalue weighted by Gasteiger charge is 2.18.